The van der Waals surface area contributed by atoms with Crippen LogP contribution >= 0.6 is 11.3 Å². The van der Waals surface area contributed by atoms with Crippen molar-refractivity contribution in [2.24, 2.45) is 5.73 Å². The van der Waals surface area contributed by atoms with E-state index in [9.17, 15) is 0 Å². The van der Waals surface area contributed by atoms with Crippen molar-refractivity contribution in [1.29, 1.82) is 0 Å². The van der Waals surface area contributed by atoms with Crippen LogP contribution in [0, 0.1) is 6.92 Å². The van der Waals surface area contributed by atoms with E-state index in [0.29, 0.717) is 6.61 Å². The molecule has 1 aliphatic heterocycles. The largest absolute Gasteiger partial charge is 0.486 e. The number of nitrogens with zero attached hydrogens (tertiary/aromatic N) is 2. The van der Waals surface area contributed by atoms with Crippen LogP contribution in [0.25, 0.3) is 0 Å². The molecule has 2 heterocycles. The summed E-state index contributed by atoms with van der Waals surface area (Å²) in [7, 11) is 1.72. The Kier molecular flexibility index (Phi) is 5.27. The highest BCUT2D eigenvalue weighted by Crippen LogP contribution is 2.19. The van der Waals surface area contributed by atoms with Gasteiger partial charge >= 0.3 is 0 Å². The quantitative estimate of drug-likeness (QED) is 0.878. The van der Waals surface area contributed by atoms with E-state index in [-0.39, 0.29) is 12.1 Å². The summed E-state index contributed by atoms with van der Waals surface area (Å²) in [6.45, 7) is 5.10. The average Bonchev–Trinajstić information content (AvgIpc) is 3.13. The van der Waals surface area contributed by atoms with Crippen LogP contribution in [0.3, 0.4) is 0 Å². The van der Waals surface area contributed by atoms with Gasteiger partial charge in [0.2, 0.25) is 0 Å². The monoisotopic (exact) mass is 333 g/mol. The van der Waals surface area contributed by atoms with Gasteiger partial charge in [-0.15, -0.1) is 11.3 Å². The minimum atomic E-state index is 0.0861. The number of thiazole rings is 1. The Bertz CT molecular complexity index is 629. The molecule has 0 spiro atoms. The van der Waals surface area contributed by atoms with Crippen LogP contribution < -0.4 is 10.5 Å². The van der Waals surface area contributed by atoms with Crippen LogP contribution in [0.5, 0.6) is 5.75 Å². The smallest absolute Gasteiger partial charge is 0.140 e. The van der Waals surface area contributed by atoms with Gasteiger partial charge in [-0.3, -0.25) is 4.90 Å². The molecular formula is C17H23N3O2S. The molecule has 1 aromatic carbocycles. The Labute approximate surface area is 141 Å². The van der Waals surface area contributed by atoms with Gasteiger partial charge in [0.05, 0.1) is 11.8 Å². The fourth-order valence-corrected chi connectivity index (χ4v) is 3.45. The molecule has 0 amide bonds. The van der Waals surface area contributed by atoms with E-state index in [0.717, 1.165) is 36.1 Å². The van der Waals surface area contributed by atoms with Gasteiger partial charge in [0.1, 0.15) is 17.4 Å². The van der Waals surface area contributed by atoms with E-state index < -0.39 is 0 Å². The number of nitrogens with two attached hydrogens (primary N) is 1. The zero-order valence-corrected chi connectivity index (χ0v) is 14.4. The fourth-order valence-electron chi connectivity index (χ4n) is 2.76. The molecule has 0 radical (unpaired) electrons. The Hall–Kier alpha value is -1.47. The summed E-state index contributed by atoms with van der Waals surface area (Å²) in [6, 6.07) is 8.15. The number of aromatic nitrogens is 1. The molecule has 23 heavy (non-hydrogen) atoms. The molecule has 2 N–H and O–H groups in total. The summed E-state index contributed by atoms with van der Waals surface area (Å²) in [5, 5.41) is 3.09. The molecule has 2 aromatic rings. The second-order valence-electron chi connectivity index (χ2n) is 5.97. The molecule has 0 unspecified atom stereocenters. The van der Waals surface area contributed by atoms with Crippen LogP contribution in [0.2, 0.25) is 0 Å². The molecule has 1 saturated heterocycles. The van der Waals surface area contributed by atoms with Gasteiger partial charge in [-0.1, -0.05) is 17.7 Å². The van der Waals surface area contributed by atoms with E-state index in [1.807, 2.05) is 24.3 Å². The van der Waals surface area contributed by atoms with Gasteiger partial charge < -0.3 is 15.2 Å². The first-order valence-electron chi connectivity index (χ1n) is 7.77. The highest BCUT2D eigenvalue weighted by atomic mass is 32.1. The Balaban J connectivity index is 1.51. The second kappa shape index (κ2) is 7.40. The minimum absolute atomic E-state index is 0.0861. The van der Waals surface area contributed by atoms with Crippen molar-refractivity contribution in [2.45, 2.75) is 32.2 Å². The first kappa shape index (κ1) is 16.4. The van der Waals surface area contributed by atoms with Gasteiger partial charge in [-0.25, -0.2) is 4.98 Å². The molecule has 0 saturated carbocycles. The standard InChI is InChI=1S/C17H23N3O2S/c1-12-3-5-14(6-4-12)22-10-17-19-13(11-23-17)7-20-8-15(18)16(9-20)21-2/h3-6,11,15-16H,7-10,18H2,1-2H3/t15-,16+/m0/s1. The van der Waals surface area contributed by atoms with E-state index in [1.165, 1.54) is 5.56 Å². The SMILES string of the molecule is CO[C@@H]1CN(Cc2csc(COc3ccc(C)cc3)n2)C[C@@H]1N. The van der Waals surface area contributed by atoms with Crippen LogP contribution in [0.15, 0.2) is 29.6 Å². The Morgan fingerprint density at radius 3 is 2.78 bits per heavy atom. The molecule has 1 aromatic heterocycles. The van der Waals surface area contributed by atoms with Crippen molar-refractivity contribution < 1.29 is 9.47 Å². The van der Waals surface area contributed by atoms with Crippen molar-refractivity contribution >= 4 is 11.3 Å². The summed E-state index contributed by atoms with van der Waals surface area (Å²) in [5.74, 6) is 0.876. The number of ether oxygens (including phenoxy) is 2. The molecule has 124 valence electrons. The van der Waals surface area contributed by atoms with Gasteiger partial charge in [0.25, 0.3) is 0 Å². The Morgan fingerprint density at radius 2 is 2.09 bits per heavy atom. The Morgan fingerprint density at radius 1 is 1.30 bits per heavy atom. The van der Waals surface area contributed by atoms with E-state index in [4.69, 9.17) is 15.2 Å². The number of rotatable bonds is 6. The minimum Gasteiger partial charge on any atom is -0.486 e. The number of benzene rings is 1. The summed E-state index contributed by atoms with van der Waals surface area (Å²) in [5.41, 5.74) is 8.36. The number of methoxy groups -OCH3 is 1. The number of hydrogen-bond acceptors (Lipinski definition) is 6. The molecule has 1 aliphatic rings. The van der Waals surface area contributed by atoms with Gasteiger partial charge in [0.15, 0.2) is 0 Å². The van der Waals surface area contributed by atoms with Gasteiger partial charge in [-0.05, 0) is 19.1 Å². The van der Waals surface area contributed by atoms with Gasteiger partial charge in [-0.2, -0.15) is 0 Å². The van der Waals surface area contributed by atoms with Crippen molar-refractivity contribution in [2.75, 3.05) is 20.2 Å². The number of hydrogen-bond donors (Lipinski definition) is 1. The third kappa shape index (κ3) is 4.29. The van der Waals surface area contributed by atoms with E-state index in [1.54, 1.807) is 18.4 Å². The third-order valence-electron chi connectivity index (χ3n) is 4.06. The van der Waals surface area contributed by atoms with Crippen LogP contribution in [-0.4, -0.2) is 42.2 Å². The van der Waals surface area contributed by atoms with Crippen molar-refractivity contribution in [3.8, 4) is 5.75 Å². The molecular weight excluding hydrogens is 310 g/mol. The predicted molar refractivity (Wildman–Crippen MR) is 91.7 cm³/mol. The molecule has 2 atom stereocenters. The first-order valence-corrected chi connectivity index (χ1v) is 8.65. The normalized spacial score (nSPS) is 21.7. The van der Waals surface area contributed by atoms with Crippen molar-refractivity contribution in [1.82, 2.24) is 9.88 Å². The fraction of sp³-hybridized carbons (Fsp3) is 0.471. The third-order valence-corrected chi connectivity index (χ3v) is 4.93. The molecule has 1 fully saturated rings. The highest BCUT2D eigenvalue weighted by Gasteiger charge is 2.30. The lowest BCUT2D eigenvalue weighted by Gasteiger charge is -2.13. The molecule has 0 aliphatic carbocycles. The van der Waals surface area contributed by atoms with Crippen LogP contribution in [-0.2, 0) is 17.9 Å². The molecule has 6 heteroatoms. The van der Waals surface area contributed by atoms with E-state index >= 15 is 0 Å². The zero-order valence-electron chi connectivity index (χ0n) is 13.6. The predicted octanol–water partition coefficient (Wildman–Crippen LogP) is 2.19. The summed E-state index contributed by atoms with van der Waals surface area (Å²) < 4.78 is 11.2. The van der Waals surface area contributed by atoms with Crippen molar-refractivity contribution in [3.63, 3.8) is 0 Å². The second-order valence-corrected chi connectivity index (χ2v) is 6.91. The van der Waals surface area contributed by atoms with E-state index in [2.05, 4.69) is 22.2 Å². The summed E-state index contributed by atoms with van der Waals surface area (Å²) >= 11 is 1.64. The first-order chi connectivity index (χ1) is 11.1. The highest BCUT2D eigenvalue weighted by molar-refractivity contribution is 7.09. The average molecular weight is 333 g/mol. The molecule has 5 nitrogen and oxygen atoms in total. The molecule has 0 bridgehead atoms. The summed E-state index contributed by atoms with van der Waals surface area (Å²) in [4.78, 5) is 6.94. The maximum Gasteiger partial charge on any atom is 0.140 e. The molecule has 3 rings (SSSR count). The zero-order chi connectivity index (χ0) is 16.2. The van der Waals surface area contributed by atoms with Crippen molar-refractivity contribution in [3.05, 3.63) is 45.9 Å². The van der Waals surface area contributed by atoms with Crippen LogP contribution in [0.4, 0.5) is 0 Å². The summed E-state index contributed by atoms with van der Waals surface area (Å²) in [6.07, 6.45) is 0.123. The van der Waals surface area contributed by atoms with Gasteiger partial charge in [0, 0.05) is 38.2 Å². The lowest BCUT2D eigenvalue weighted by Crippen LogP contribution is -2.34. The maximum absolute atomic E-state index is 6.06. The number of likely N-dealkylation sites (tertiary alicyclic amines) is 1. The topological polar surface area (TPSA) is 60.6 Å². The lowest BCUT2D eigenvalue weighted by molar-refractivity contribution is 0.0975. The maximum atomic E-state index is 6.06. The number of aryl methyl sites for hydroxylation is 1. The lowest BCUT2D eigenvalue weighted by atomic mass is 10.2. The van der Waals surface area contributed by atoms with Crippen LogP contribution in [0.1, 0.15) is 16.3 Å².